The molecule has 0 bridgehead atoms. The van der Waals surface area contributed by atoms with Crippen molar-refractivity contribution in [1.82, 2.24) is 9.88 Å². The van der Waals surface area contributed by atoms with Gasteiger partial charge in [-0.2, -0.15) is 0 Å². The molecule has 1 aromatic heterocycles. The third-order valence-electron chi connectivity index (χ3n) is 5.75. The SMILES string of the molecule is Cc1ccc(N2CCNCC2)cc1NC(=O)C(C)n1cc(C)c2cc(F)ccc21. The second-order valence-electron chi connectivity index (χ2n) is 7.78. The highest BCUT2D eigenvalue weighted by atomic mass is 19.1. The average molecular weight is 394 g/mol. The van der Waals surface area contributed by atoms with E-state index in [0.29, 0.717) is 0 Å². The molecule has 2 heterocycles. The summed E-state index contributed by atoms with van der Waals surface area (Å²) in [4.78, 5) is 15.4. The van der Waals surface area contributed by atoms with Gasteiger partial charge in [-0.25, -0.2) is 4.39 Å². The molecule has 1 atom stereocenters. The Hall–Kier alpha value is -2.86. The monoisotopic (exact) mass is 394 g/mol. The normalized spacial score (nSPS) is 15.5. The summed E-state index contributed by atoms with van der Waals surface area (Å²) < 4.78 is 15.5. The summed E-state index contributed by atoms with van der Waals surface area (Å²) in [7, 11) is 0. The van der Waals surface area contributed by atoms with Gasteiger partial charge in [-0.1, -0.05) is 6.07 Å². The van der Waals surface area contributed by atoms with Crippen molar-refractivity contribution < 1.29 is 9.18 Å². The van der Waals surface area contributed by atoms with Gasteiger partial charge < -0.3 is 20.1 Å². The molecule has 0 radical (unpaired) electrons. The molecule has 152 valence electrons. The van der Waals surface area contributed by atoms with Gasteiger partial charge in [0, 0.05) is 54.7 Å². The van der Waals surface area contributed by atoms with Crippen LogP contribution < -0.4 is 15.5 Å². The van der Waals surface area contributed by atoms with Crippen LogP contribution in [0.15, 0.2) is 42.6 Å². The number of carbonyl (C=O) groups is 1. The van der Waals surface area contributed by atoms with Crippen molar-refractivity contribution >= 4 is 28.2 Å². The van der Waals surface area contributed by atoms with Gasteiger partial charge in [0.05, 0.1) is 0 Å². The molecular formula is C23H27FN4O. The Bertz CT molecular complexity index is 1050. The fourth-order valence-corrected chi connectivity index (χ4v) is 3.95. The lowest BCUT2D eigenvalue weighted by Crippen LogP contribution is -2.43. The van der Waals surface area contributed by atoms with Gasteiger partial charge in [-0.05, 0) is 62.2 Å². The van der Waals surface area contributed by atoms with E-state index in [9.17, 15) is 9.18 Å². The first-order chi connectivity index (χ1) is 13.9. The number of amides is 1. The van der Waals surface area contributed by atoms with Gasteiger partial charge in [-0.3, -0.25) is 4.79 Å². The number of hydrogen-bond donors (Lipinski definition) is 2. The molecule has 2 N–H and O–H groups in total. The number of hydrogen-bond acceptors (Lipinski definition) is 3. The first kappa shape index (κ1) is 19.5. The van der Waals surface area contributed by atoms with Gasteiger partial charge >= 0.3 is 0 Å². The van der Waals surface area contributed by atoms with Crippen LogP contribution in [-0.4, -0.2) is 36.7 Å². The summed E-state index contributed by atoms with van der Waals surface area (Å²) in [5.41, 5.74) is 4.80. The first-order valence-electron chi connectivity index (χ1n) is 10.1. The topological polar surface area (TPSA) is 49.3 Å². The van der Waals surface area contributed by atoms with Gasteiger partial charge in [0.2, 0.25) is 5.91 Å². The van der Waals surface area contributed by atoms with Crippen LogP contribution in [0.2, 0.25) is 0 Å². The third kappa shape index (κ3) is 3.85. The van der Waals surface area contributed by atoms with Crippen LogP contribution in [0.25, 0.3) is 10.9 Å². The summed E-state index contributed by atoms with van der Waals surface area (Å²) >= 11 is 0. The Kier molecular flexibility index (Phi) is 5.28. The molecule has 0 saturated carbocycles. The molecule has 6 heteroatoms. The van der Waals surface area contributed by atoms with Crippen LogP contribution in [0.5, 0.6) is 0 Å². The highest BCUT2D eigenvalue weighted by molar-refractivity contribution is 5.96. The van der Waals surface area contributed by atoms with Gasteiger partial charge in [0.25, 0.3) is 0 Å². The number of halogens is 1. The molecule has 2 aromatic carbocycles. The molecule has 4 rings (SSSR count). The predicted molar refractivity (Wildman–Crippen MR) is 116 cm³/mol. The lowest BCUT2D eigenvalue weighted by atomic mass is 10.1. The molecule has 0 spiro atoms. The lowest BCUT2D eigenvalue weighted by molar-refractivity contribution is -0.118. The van der Waals surface area contributed by atoms with E-state index >= 15 is 0 Å². The van der Waals surface area contributed by atoms with Crippen molar-refractivity contribution in [2.24, 2.45) is 0 Å². The molecule has 1 unspecified atom stereocenters. The fourth-order valence-electron chi connectivity index (χ4n) is 3.95. The Labute approximate surface area is 170 Å². The second-order valence-corrected chi connectivity index (χ2v) is 7.78. The Morgan fingerprint density at radius 1 is 1.10 bits per heavy atom. The van der Waals surface area contributed by atoms with E-state index in [1.165, 1.54) is 12.1 Å². The zero-order chi connectivity index (χ0) is 20.5. The van der Waals surface area contributed by atoms with Crippen molar-refractivity contribution in [1.29, 1.82) is 0 Å². The van der Waals surface area contributed by atoms with Gasteiger partial charge in [0.1, 0.15) is 11.9 Å². The molecular weight excluding hydrogens is 367 g/mol. The molecule has 1 aliphatic heterocycles. The number of aromatic nitrogens is 1. The minimum atomic E-state index is -0.418. The van der Waals surface area contributed by atoms with E-state index in [0.717, 1.165) is 59.6 Å². The number of fused-ring (bicyclic) bond motifs is 1. The number of aryl methyl sites for hydroxylation is 2. The van der Waals surface area contributed by atoms with Crippen molar-refractivity contribution in [3.63, 3.8) is 0 Å². The number of carbonyl (C=O) groups excluding carboxylic acids is 1. The number of nitrogens with one attached hydrogen (secondary N) is 2. The Balaban J connectivity index is 1.58. The summed E-state index contributed by atoms with van der Waals surface area (Å²) in [6, 6.07) is 10.5. The Morgan fingerprint density at radius 2 is 1.86 bits per heavy atom. The van der Waals surface area contributed by atoms with Crippen LogP contribution in [0.3, 0.4) is 0 Å². The van der Waals surface area contributed by atoms with Crippen molar-refractivity contribution in [3.8, 4) is 0 Å². The molecule has 1 saturated heterocycles. The Morgan fingerprint density at radius 3 is 2.62 bits per heavy atom. The fraction of sp³-hybridized carbons (Fsp3) is 0.348. The van der Waals surface area contributed by atoms with E-state index in [1.54, 1.807) is 6.07 Å². The molecule has 0 aliphatic carbocycles. The highest BCUT2D eigenvalue weighted by Gasteiger charge is 2.20. The smallest absolute Gasteiger partial charge is 0.247 e. The molecule has 1 amide bonds. The number of piperazine rings is 1. The maximum atomic E-state index is 13.6. The number of rotatable bonds is 4. The first-order valence-corrected chi connectivity index (χ1v) is 10.1. The maximum Gasteiger partial charge on any atom is 0.247 e. The minimum Gasteiger partial charge on any atom is -0.369 e. The number of anilines is 2. The van der Waals surface area contributed by atoms with E-state index in [2.05, 4.69) is 33.7 Å². The van der Waals surface area contributed by atoms with E-state index in [1.807, 2.05) is 31.5 Å². The quantitative estimate of drug-likeness (QED) is 0.703. The highest BCUT2D eigenvalue weighted by Crippen LogP contribution is 2.28. The van der Waals surface area contributed by atoms with Crippen LogP contribution in [-0.2, 0) is 4.79 Å². The second kappa shape index (κ2) is 7.87. The average Bonchev–Trinajstić information content (AvgIpc) is 3.05. The van der Waals surface area contributed by atoms with Crippen LogP contribution in [0.4, 0.5) is 15.8 Å². The summed E-state index contributed by atoms with van der Waals surface area (Å²) in [6.07, 6.45) is 1.92. The van der Waals surface area contributed by atoms with Gasteiger partial charge in [-0.15, -0.1) is 0 Å². The number of benzene rings is 2. The number of nitrogens with zero attached hydrogens (tertiary/aromatic N) is 2. The maximum absolute atomic E-state index is 13.6. The molecule has 5 nitrogen and oxygen atoms in total. The standard InChI is InChI=1S/C23H27FN4O/c1-15-4-6-19(27-10-8-25-9-11-27)13-21(15)26-23(29)17(3)28-14-16(2)20-12-18(24)5-7-22(20)28/h4-7,12-14,17,25H,8-11H2,1-3H3,(H,26,29). The largest absolute Gasteiger partial charge is 0.369 e. The van der Waals surface area contributed by atoms with E-state index < -0.39 is 6.04 Å². The summed E-state index contributed by atoms with van der Waals surface area (Å²) in [5.74, 6) is -0.359. The summed E-state index contributed by atoms with van der Waals surface area (Å²) in [5, 5.41) is 7.29. The van der Waals surface area contributed by atoms with E-state index in [4.69, 9.17) is 0 Å². The van der Waals surface area contributed by atoms with Crippen molar-refractivity contribution in [2.45, 2.75) is 26.8 Å². The molecule has 1 fully saturated rings. The minimum absolute atomic E-state index is 0.0909. The zero-order valence-corrected chi connectivity index (χ0v) is 17.1. The molecule has 3 aromatic rings. The third-order valence-corrected chi connectivity index (χ3v) is 5.75. The van der Waals surface area contributed by atoms with Crippen LogP contribution in [0.1, 0.15) is 24.1 Å². The predicted octanol–water partition coefficient (Wildman–Crippen LogP) is 4.01. The lowest BCUT2D eigenvalue weighted by Gasteiger charge is -2.30. The molecule has 29 heavy (non-hydrogen) atoms. The summed E-state index contributed by atoms with van der Waals surface area (Å²) in [6.45, 7) is 9.65. The van der Waals surface area contributed by atoms with Crippen LogP contribution in [0, 0.1) is 19.7 Å². The van der Waals surface area contributed by atoms with Gasteiger partial charge in [0.15, 0.2) is 0 Å². The van der Waals surface area contributed by atoms with Crippen molar-refractivity contribution in [2.75, 3.05) is 36.4 Å². The van der Waals surface area contributed by atoms with Crippen LogP contribution >= 0.6 is 0 Å². The zero-order valence-electron chi connectivity index (χ0n) is 17.1. The molecule has 1 aliphatic rings. The van der Waals surface area contributed by atoms with E-state index in [-0.39, 0.29) is 11.7 Å². The van der Waals surface area contributed by atoms with Crippen molar-refractivity contribution in [3.05, 3.63) is 59.5 Å².